The van der Waals surface area contributed by atoms with E-state index in [0.29, 0.717) is 12.3 Å². The second-order valence-corrected chi connectivity index (χ2v) is 4.58. The van der Waals surface area contributed by atoms with Crippen molar-refractivity contribution in [3.63, 3.8) is 0 Å². The van der Waals surface area contributed by atoms with Crippen molar-refractivity contribution in [2.75, 3.05) is 20.2 Å². The summed E-state index contributed by atoms with van der Waals surface area (Å²) in [6.07, 6.45) is 0.601. The number of hydrogen-bond acceptors (Lipinski definition) is 2. The smallest absolute Gasteiger partial charge is 0.222 e. The standard InChI is InChI=1S/C14H19NO2/c1-4-14(16)15-8-12(9-15)11-6-5-10(2)13(7-11)17-3/h5-7,12H,4,8-9H2,1-3H3. The van der Waals surface area contributed by atoms with Gasteiger partial charge in [0, 0.05) is 25.4 Å². The van der Waals surface area contributed by atoms with Crippen LogP contribution in [0.1, 0.15) is 30.4 Å². The van der Waals surface area contributed by atoms with Crippen molar-refractivity contribution in [1.82, 2.24) is 4.90 Å². The Morgan fingerprint density at radius 2 is 2.18 bits per heavy atom. The molecule has 1 heterocycles. The number of nitrogens with zero attached hydrogens (tertiary/aromatic N) is 1. The van der Waals surface area contributed by atoms with Gasteiger partial charge in [0.05, 0.1) is 7.11 Å². The van der Waals surface area contributed by atoms with Crippen LogP contribution in [0.25, 0.3) is 0 Å². The molecule has 92 valence electrons. The molecule has 1 aromatic carbocycles. The van der Waals surface area contributed by atoms with E-state index in [1.807, 2.05) is 18.7 Å². The lowest BCUT2D eigenvalue weighted by molar-refractivity contribution is -0.135. The van der Waals surface area contributed by atoms with Gasteiger partial charge in [0.2, 0.25) is 5.91 Å². The molecule has 0 N–H and O–H groups in total. The SMILES string of the molecule is CCC(=O)N1CC(c2ccc(C)c(OC)c2)C1. The fourth-order valence-corrected chi connectivity index (χ4v) is 2.21. The summed E-state index contributed by atoms with van der Waals surface area (Å²) in [4.78, 5) is 13.4. The normalized spacial score (nSPS) is 15.6. The van der Waals surface area contributed by atoms with Crippen LogP contribution in [0.3, 0.4) is 0 Å². The molecule has 0 saturated carbocycles. The van der Waals surface area contributed by atoms with Crippen molar-refractivity contribution in [2.24, 2.45) is 0 Å². The molecule has 3 nitrogen and oxygen atoms in total. The summed E-state index contributed by atoms with van der Waals surface area (Å²) in [7, 11) is 1.69. The number of rotatable bonds is 3. The van der Waals surface area contributed by atoms with Crippen molar-refractivity contribution in [3.8, 4) is 5.75 Å². The number of benzene rings is 1. The van der Waals surface area contributed by atoms with Crippen LogP contribution in [-0.2, 0) is 4.79 Å². The van der Waals surface area contributed by atoms with Gasteiger partial charge in [-0.3, -0.25) is 4.79 Å². The Kier molecular flexibility index (Phi) is 3.36. The van der Waals surface area contributed by atoms with Gasteiger partial charge in [0.25, 0.3) is 0 Å². The lowest BCUT2D eigenvalue weighted by atomic mass is 9.90. The Balaban J connectivity index is 2.04. The fourth-order valence-electron chi connectivity index (χ4n) is 2.21. The van der Waals surface area contributed by atoms with E-state index in [2.05, 4.69) is 18.2 Å². The summed E-state index contributed by atoms with van der Waals surface area (Å²) < 4.78 is 5.32. The molecule has 0 bridgehead atoms. The van der Waals surface area contributed by atoms with Crippen molar-refractivity contribution in [3.05, 3.63) is 29.3 Å². The van der Waals surface area contributed by atoms with Gasteiger partial charge in [-0.05, 0) is 24.1 Å². The minimum Gasteiger partial charge on any atom is -0.496 e. The molecule has 0 aromatic heterocycles. The lowest BCUT2D eigenvalue weighted by Crippen LogP contribution is -2.48. The zero-order valence-electron chi connectivity index (χ0n) is 10.7. The van der Waals surface area contributed by atoms with E-state index < -0.39 is 0 Å². The minimum atomic E-state index is 0.250. The number of likely N-dealkylation sites (tertiary alicyclic amines) is 1. The van der Waals surface area contributed by atoms with Crippen molar-refractivity contribution < 1.29 is 9.53 Å². The van der Waals surface area contributed by atoms with E-state index in [1.165, 1.54) is 5.56 Å². The molecule has 1 fully saturated rings. The van der Waals surface area contributed by atoms with Gasteiger partial charge >= 0.3 is 0 Å². The average molecular weight is 233 g/mol. The summed E-state index contributed by atoms with van der Waals surface area (Å²) in [5.74, 6) is 1.66. The molecule has 17 heavy (non-hydrogen) atoms. The Labute approximate surface area is 102 Å². The van der Waals surface area contributed by atoms with Crippen molar-refractivity contribution in [2.45, 2.75) is 26.2 Å². The average Bonchev–Trinajstić information content (AvgIpc) is 2.29. The van der Waals surface area contributed by atoms with E-state index in [4.69, 9.17) is 4.74 Å². The van der Waals surface area contributed by atoms with Crippen LogP contribution in [0.15, 0.2) is 18.2 Å². The molecule has 0 aliphatic carbocycles. The second-order valence-electron chi connectivity index (χ2n) is 4.58. The van der Waals surface area contributed by atoms with Crippen molar-refractivity contribution >= 4 is 5.91 Å². The molecule has 1 saturated heterocycles. The lowest BCUT2D eigenvalue weighted by Gasteiger charge is -2.39. The molecular formula is C14H19NO2. The number of aryl methyl sites for hydroxylation is 1. The van der Waals surface area contributed by atoms with Crippen LogP contribution in [0.4, 0.5) is 0 Å². The number of amides is 1. The van der Waals surface area contributed by atoms with Crippen LogP contribution >= 0.6 is 0 Å². The third-order valence-corrected chi connectivity index (χ3v) is 3.44. The molecule has 0 atom stereocenters. The van der Waals surface area contributed by atoms with E-state index in [1.54, 1.807) is 7.11 Å². The summed E-state index contributed by atoms with van der Waals surface area (Å²) in [5.41, 5.74) is 2.42. The predicted octanol–water partition coefficient (Wildman–Crippen LogP) is 2.34. The molecule has 2 rings (SSSR count). The van der Waals surface area contributed by atoms with Gasteiger partial charge in [-0.1, -0.05) is 19.1 Å². The Morgan fingerprint density at radius 1 is 1.47 bits per heavy atom. The van der Waals surface area contributed by atoms with E-state index in [0.717, 1.165) is 24.4 Å². The molecule has 0 unspecified atom stereocenters. The molecule has 1 aliphatic rings. The highest BCUT2D eigenvalue weighted by Gasteiger charge is 2.30. The highest BCUT2D eigenvalue weighted by molar-refractivity contribution is 5.77. The van der Waals surface area contributed by atoms with Crippen molar-refractivity contribution in [1.29, 1.82) is 0 Å². The first-order valence-corrected chi connectivity index (χ1v) is 6.08. The number of ether oxygens (including phenoxy) is 1. The molecule has 1 amide bonds. The molecular weight excluding hydrogens is 214 g/mol. The van der Waals surface area contributed by atoms with E-state index >= 15 is 0 Å². The fraction of sp³-hybridized carbons (Fsp3) is 0.500. The van der Waals surface area contributed by atoms with Gasteiger partial charge < -0.3 is 9.64 Å². The number of carbonyl (C=O) groups is 1. The second kappa shape index (κ2) is 4.78. The molecule has 1 aromatic rings. The number of methoxy groups -OCH3 is 1. The maximum Gasteiger partial charge on any atom is 0.222 e. The monoisotopic (exact) mass is 233 g/mol. The highest BCUT2D eigenvalue weighted by Crippen LogP contribution is 2.30. The summed E-state index contributed by atoms with van der Waals surface area (Å²) >= 11 is 0. The Morgan fingerprint density at radius 3 is 2.76 bits per heavy atom. The van der Waals surface area contributed by atoms with Gasteiger partial charge in [-0.2, -0.15) is 0 Å². The molecule has 3 heteroatoms. The summed E-state index contributed by atoms with van der Waals surface area (Å²) in [6, 6.07) is 6.31. The molecule has 1 aliphatic heterocycles. The van der Waals surface area contributed by atoms with Crippen LogP contribution in [0.5, 0.6) is 5.75 Å². The molecule has 0 radical (unpaired) electrons. The van der Waals surface area contributed by atoms with Crippen LogP contribution in [0.2, 0.25) is 0 Å². The number of hydrogen-bond donors (Lipinski definition) is 0. The van der Waals surface area contributed by atoms with Gasteiger partial charge in [-0.15, -0.1) is 0 Å². The summed E-state index contributed by atoms with van der Waals surface area (Å²) in [6.45, 7) is 5.64. The van der Waals surface area contributed by atoms with E-state index in [9.17, 15) is 4.79 Å². The van der Waals surface area contributed by atoms with Crippen LogP contribution < -0.4 is 4.74 Å². The maximum absolute atomic E-state index is 11.4. The van der Waals surface area contributed by atoms with Gasteiger partial charge in [-0.25, -0.2) is 0 Å². The third kappa shape index (κ3) is 2.28. The first kappa shape index (κ1) is 12.0. The number of carbonyl (C=O) groups excluding carboxylic acids is 1. The maximum atomic E-state index is 11.4. The largest absolute Gasteiger partial charge is 0.496 e. The summed E-state index contributed by atoms with van der Waals surface area (Å²) in [5, 5.41) is 0. The predicted molar refractivity (Wildman–Crippen MR) is 67.3 cm³/mol. The zero-order chi connectivity index (χ0) is 12.4. The first-order valence-electron chi connectivity index (χ1n) is 6.08. The Hall–Kier alpha value is -1.51. The minimum absolute atomic E-state index is 0.250. The molecule has 0 spiro atoms. The third-order valence-electron chi connectivity index (χ3n) is 3.44. The highest BCUT2D eigenvalue weighted by atomic mass is 16.5. The quantitative estimate of drug-likeness (QED) is 0.802. The Bertz CT molecular complexity index is 422. The van der Waals surface area contributed by atoms with Crippen LogP contribution in [-0.4, -0.2) is 31.0 Å². The topological polar surface area (TPSA) is 29.5 Å². The zero-order valence-corrected chi connectivity index (χ0v) is 10.7. The van der Waals surface area contributed by atoms with Gasteiger partial charge in [0.15, 0.2) is 0 Å². The first-order chi connectivity index (χ1) is 8.15. The van der Waals surface area contributed by atoms with Gasteiger partial charge in [0.1, 0.15) is 5.75 Å². The van der Waals surface area contributed by atoms with Crippen LogP contribution in [0, 0.1) is 6.92 Å². The van der Waals surface area contributed by atoms with E-state index in [-0.39, 0.29) is 5.91 Å².